The lowest BCUT2D eigenvalue weighted by Gasteiger charge is -2.25. The zero-order valence-electron chi connectivity index (χ0n) is 19.6. The molecule has 0 bridgehead atoms. The van der Waals surface area contributed by atoms with Gasteiger partial charge in [0.1, 0.15) is 11.3 Å². The molecule has 0 aliphatic carbocycles. The van der Waals surface area contributed by atoms with Crippen molar-refractivity contribution in [2.75, 3.05) is 11.5 Å². The number of anilines is 1. The van der Waals surface area contributed by atoms with E-state index in [2.05, 4.69) is 13.8 Å². The van der Waals surface area contributed by atoms with Crippen LogP contribution in [0.1, 0.15) is 59.1 Å². The van der Waals surface area contributed by atoms with Gasteiger partial charge < -0.3 is 9.15 Å². The quantitative estimate of drug-likeness (QED) is 0.349. The summed E-state index contributed by atoms with van der Waals surface area (Å²) in [5.41, 5.74) is 4.28. The van der Waals surface area contributed by atoms with E-state index in [0.717, 1.165) is 29.7 Å². The number of hydrogen-bond donors (Lipinski definition) is 0. The summed E-state index contributed by atoms with van der Waals surface area (Å²) in [7, 11) is 0. The minimum absolute atomic E-state index is 0.103. The molecule has 1 aliphatic heterocycles. The first kappa shape index (κ1) is 22.0. The molecular weight excluding hydrogens is 426 g/mol. The molecule has 4 aromatic rings. The minimum Gasteiger partial charge on any atom is -0.494 e. The predicted octanol–water partition coefficient (Wildman–Crippen LogP) is 6.20. The van der Waals surface area contributed by atoms with Gasteiger partial charge in [0.25, 0.3) is 5.91 Å². The lowest BCUT2D eigenvalue weighted by Crippen LogP contribution is -2.29. The third kappa shape index (κ3) is 3.67. The van der Waals surface area contributed by atoms with E-state index in [1.807, 2.05) is 67.6 Å². The number of fused-ring (bicyclic) bond motifs is 2. The summed E-state index contributed by atoms with van der Waals surface area (Å²) in [5, 5.41) is 0.484. The molecule has 172 valence electrons. The number of carbonyl (C=O) groups is 1. The third-order valence-corrected chi connectivity index (χ3v) is 6.30. The molecule has 0 N–H and O–H groups in total. The average Bonchev–Trinajstić information content (AvgIpc) is 3.16. The SMILES string of the molecule is CCCOc1cccc(C2c3c(oc4ccc(C)cc4c3=O)C(=O)N2c2ccc(CC)cc2)c1. The van der Waals surface area contributed by atoms with Gasteiger partial charge in [-0.3, -0.25) is 14.5 Å². The molecule has 0 saturated heterocycles. The summed E-state index contributed by atoms with van der Waals surface area (Å²) < 4.78 is 11.9. The summed E-state index contributed by atoms with van der Waals surface area (Å²) in [6.07, 6.45) is 1.79. The number of ether oxygens (including phenoxy) is 1. The van der Waals surface area contributed by atoms with Crippen molar-refractivity contribution in [2.24, 2.45) is 0 Å². The summed E-state index contributed by atoms with van der Waals surface area (Å²) in [5.74, 6) is 0.497. The highest BCUT2D eigenvalue weighted by Gasteiger charge is 2.43. The Kier molecular flexibility index (Phi) is 5.70. The summed E-state index contributed by atoms with van der Waals surface area (Å²) in [4.78, 5) is 29.1. The van der Waals surface area contributed by atoms with Gasteiger partial charge in [-0.1, -0.05) is 49.7 Å². The van der Waals surface area contributed by atoms with Crippen LogP contribution >= 0.6 is 0 Å². The molecule has 1 amide bonds. The van der Waals surface area contributed by atoms with Crippen LogP contribution in [0.25, 0.3) is 11.0 Å². The van der Waals surface area contributed by atoms with Gasteiger partial charge in [-0.2, -0.15) is 0 Å². The highest BCUT2D eigenvalue weighted by atomic mass is 16.5. The van der Waals surface area contributed by atoms with E-state index in [1.165, 1.54) is 5.56 Å². The maximum atomic E-state index is 13.8. The Balaban J connectivity index is 1.74. The average molecular weight is 454 g/mol. The van der Waals surface area contributed by atoms with Crippen LogP contribution in [0.5, 0.6) is 5.75 Å². The van der Waals surface area contributed by atoms with Gasteiger partial charge in [0.05, 0.1) is 23.6 Å². The Morgan fingerprint density at radius 3 is 2.50 bits per heavy atom. The molecule has 1 unspecified atom stereocenters. The number of carbonyl (C=O) groups excluding carboxylic acids is 1. The lowest BCUT2D eigenvalue weighted by atomic mass is 9.97. The van der Waals surface area contributed by atoms with E-state index in [0.29, 0.717) is 28.9 Å². The summed E-state index contributed by atoms with van der Waals surface area (Å²) in [6.45, 7) is 6.67. The van der Waals surface area contributed by atoms with Crippen LogP contribution < -0.4 is 15.1 Å². The van der Waals surface area contributed by atoms with Gasteiger partial charge in [-0.25, -0.2) is 0 Å². The Labute approximate surface area is 198 Å². The normalized spacial score (nSPS) is 15.1. The second-order valence-electron chi connectivity index (χ2n) is 8.69. The topological polar surface area (TPSA) is 59.8 Å². The van der Waals surface area contributed by atoms with Crippen LogP contribution in [0.2, 0.25) is 0 Å². The van der Waals surface area contributed by atoms with Crippen molar-refractivity contribution >= 4 is 22.6 Å². The van der Waals surface area contributed by atoms with Gasteiger partial charge in [-0.15, -0.1) is 0 Å². The van der Waals surface area contributed by atoms with Gasteiger partial charge >= 0.3 is 0 Å². The van der Waals surface area contributed by atoms with Crippen molar-refractivity contribution in [3.8, 4) is 5.75 Å². The molecule has 3 aromatic carbocycles. The number of aryl methyl sites for hydroxylation is 2. The second kappa shape index (κ2) is 8.82. The van der Waals surface area contributed by atoms with E-state index < -0.39 is 6.04 Å². The molecule has 0 fully saturated rings. The molecule has 1 aromatic heterocycles. The zero-order valence-corrected chi connectivity index (χ0v) is 19.6. The second-order valence-corrected chi connectivity index (χ2v) is 8.69. The highest BCUT2D eigenvalue weighted by Crippen LogP contribution is 2.42. The molecule has 0 radical (unpaired) electrons. The van der Waals surface area contributed by atoms with Crippen molar-refractivity contribution < 1.29 is 13.9 Å². The molecule has 5 rings (SSSR count). The Morgan fingerprint density at radius 2 is 1.76 bits per heavy atom. The zero-order chi connectivity index (χ0) is 23.8. The van der Waals surface area contributed by atoms with Crippen molar-refractivity contribution in [2.45, 2.75) is 39.7 Å². The molecule has 1 aliphatic rings. The number of rotatable bonds is 6. The molecule has 5 nitrogen and oxygen atoms in total. The Bertz CT molecular complexity index is 1440. The van der Waals surface area contributed by atoms with Crippen molar-refractivity contribution in [3.63, 3.8) is 0 Å². The van der Waals surface area contributed by atoms with Gasteiger partial charge in [0, 0.05) is 5.69 Å². The van der Waals surface area contributed by atoms with Gasteiger partial charge in [-0.05, 0) is 67.3 Å². The molecule has 34 heavy (non-hydrogen) atoms. The summed E-state index contributed by atoms with van der Waals surface area (Å²) >= 11 is 0. The van der Waals surface area contributed by atoms with Crippen molar-refractivity contribution in [3.05, 3.63) is 105 Å². The largest absolute Gasteiger partial charge is 0.494 e. The van der Waals surface area contributed by atoms with Crippen molar-refractivity contribution in [1.82, 2.24) is 0 Å². The van der Waals surface area contributed by atoms with E-state index in [-0.39, 0.29) is 17.1 Å². The van der Waals surface area contributed by atoms with Gasteiger partial charge in [0.2, 0.25) is 5.76 Å². The first-order valence-corrected chi connectivity index (χ1v) is 11.7. The number of amides is 1. The molecule has 5 heteroatoms. The molecule has 1 atom stereocenters. The molecule has 2 heterocycles. The fraction of sp³-hybridized carbons (Fsp3) is 0.241. The standard InChI is InChI=1S/C29H27NO4/c1-4-15-33-22-8-6-7-20(17-22)26-25-27(31)23-16-18(3)9-14-24(23)34-28(25)29(32)30(26)21-12-10-19(5-2)11-13-21/h6-14,16-17,26H,4-5,15H2,1-3H3. The predicted molar refractivity (Wildman–Crippen MR) is 134 cm³/mol. The lowest BCUT2D eigenvalue weighted by molar-refractivity contribution is 0.0971. The fourth-order valence-electron chi connectivity index (χ4n) is 4.56. The Hall–Kier alpha value is -3.86. The van der Waals surface area contributed by atoms with E-state index >= 15 is 0 Å². The van der Waals surface area contributed by atoms with Crippen LogP contribution in [0.4, 0.5) is 5.69 Å². The van der Waals surface area contributed by atoms with Crippen molar-refractivity contribution in [1.29, 1.82) is 0 Å². The minimum atomic E-state index is -0.610. The number of hydrogen-bond acceptors (Lipinski definition) is 4. The van der Waals surface area contributed by atoms with Crippen LogP contribution in [-0.2, 0) is 6.42 Å². The maximum Gasteiger partial charge on any atom is 0.295 e. The Morgan fingerprint density at radius 1 is 0.971 bits per heavy atom. The first-order chi connectivity index (χ1) is 16.5. The third-order valence-electron chi connectivity index (χ3n) is 6.30. The van der Waals surface area contributed by atoms with Crippen LogP contribution in [-0.4, -0.2) is 12.5 Å². The highest BCUT2D eigenvalue weighted by molar-refractivity contribution is 6.10. The smallest absolute Gasteiger partial charge is 0.295 e. The first-order valence-electron chi connectivity index (χ1n) is 11.7. The van der Waals surface area contributed by atoms with Gasteiger partial charge in [0.15, 0.2) is 5.43 Å². The van der Waals surface area contributed by atoms with Crippen LogP contribution in [0.3, 0.4) is 0 Å². The fourth-order valence-corrected chi connectivity index (χ4v) is 4.56. The molecule has 0 spiro atoms. The van der Waals surface area contributed by atoms with Crippen LogP contribution in [0.15, 0.2) is 75.9 Å². The molecular formula is C29H27NO4. The van der Waals surface area contributed by atoms with E-state index in [9.17, 15) is 9.59 Å². The van der Waals surface area contributed by atoms with E-state index in [4.69, 9.17) is 9.15 Å². The number of benzene rings is 3. The van der Waals surface area contributed by atoms with Crippen LogP contribution in [0, 0.1) is 6.92 Å². The molecule has 0 saturated carbocycles. The number of nitrogens with zero attached hydrogens (tertiary/aromatic N) is 1. The monoisotopic (exact) mass is 453 g/mol. The maximum absolute atomic E-state index is 13.8. The van der Waals surface area contributed by atoms with E-state index in [1.54, 1.807) is 11.0 Å². The summed E-state index contributed by atoms with van der Waals surface area (Å²) in [6, 6.07) is 20.4.